The van der Waals surface area contributed by atoms with E-state index in [1.807, 2.05) is 13.8 Å². The van der Waals surface area contributed by atoms with Crippen molar-refractivity contribution in [3.05, 3.63) is 24.3 Å². The van der Waals surface area contributed by atoms with Gasteiger partial charge in [0, 0.05) is 13.1 Å². The molecule has 0 aromatic heterocycles. The first-order valence-electron chi connectivity index (χ1n) is 5.98. The second kappa shape index (κ2) is 6.17. The summed E-state index contributed by atoms with van der Waals surface area (Å²) in [6.07, 6.45) is 1.77. The van der Waals surface area contributed by atoms with Crippen LogP contribution in [0.1, 0.15) is 26.7 Å². The SMILES string of the molecule is CCCC(C)N(C)S(=O)(=O)c1ccccc1NN. The summed E-state index contributed by atoms with van der Waals surface area (Å²) >= 11 is 0. The van der Waals surface area contributed by atoms with E-state index < -0.39 is 10.0 Å². The van der Waals surface area contributed by atoms with Gasteiger partial charge in [-0.15, -0.1) is 0 Å². The molecule has 3 N–H and O–H groups in total. The number of nitrogens with zero attached hydrogens (tertiary/aromatic N) is 1. The van der Waals surface area contributed by atoms with Gasteiger partial charge in [-0.3, -0.25) is 5.84 Å². The third kappa shape index (κ3) is 3.01. The Morgan fingerprint density at radius 3 is 2.56 bits per heavy atom. The van der Waals surface area contributed by atoms with Crippen LogP contribution in [0.5, 0.6) is 0 Å². The van der Waals surface area contributed by atoms with Gasteiger partial charge >= 0.3 is 0 Å². The molecular formula is C12H21N3O2S. The molecule has 6 heteroatoms. The quantitative estimate of drug-likeness (QED) is 0.611. The molecule has 1 atom stereocenters. The van der Waals surface area contributed by atoms with Crippen molar-refractivity contribution < 1.29 is 8.42 Å². The fourth-order valence-corrected chi connectivity index (χ4v) is 3.35. The van der Waals surface area contributed by atoms with E-state index >= 15 is 0 Å². The van der Waals surface area contributed by atoms with E-state index in [0.717, 1.165) is 12.8 Å². The van der Waals surface area contributed by atoms with E-state index in [1.54, 1.807) is 31.3 Å². The minimum absolute atomic E-state index is 0.0363. The molecule has 102 valence electrons. The van der Waals surface area contributed by atoms with E-state index in [9.17, 15) is 8.42 Å². The van der Waals surface area contributed by atoms with Crippen LogP contribution in [-0.2, 0) is 10.0 Å². The van der Waals surface area contributed by atoms with Crippen molar-refractivity contribution in [3.8, 4) is 0 Å². The maximum absolute atomic E-state index is 12.5. The zero-order chi connectivity index (χ0) is 13.8. The van der Waals surface area contributed by atoms with E-state index in [1.165, 1.54) is 4.31 Å². The number of anilines is 1. The maximum atomic E-state index is 12.5. The van der Waals surface area contributed by atoms with Crippen LogP contribution in [-0.4, -0.2) is 25.8 Å². The molecule has 1 rings (SSSR count). The van der Waals surface area contributed by atoms with Crippen molar-refractivity contribution >= 4 is 15.7 Å². The van der Waals surface area contributed by atoms with Crippen molar-refractivity contribution in [2.24, 2.45) is 5.84 Å². The Bertz CT molecular complexity index is 488. The minimum Gasteiger partial charge on any atom is -0.323 e. The molecule has 0 bridgehead atoms. The van der Waals surface area contributed by atoms with E-state index in [4.69, 9.17) is 5.84 Å². The van der Waals surface area contributed by atoms with Crippen molar-refractivity contribution in [1.82, 2.24) is 4.31 Å². The van der Waals surface area contributed by atoms with E-state index in [0.29, 0.717) is 5.69 Å². The van der Waals surface area contributed by atoms with Gasteiger partial charge < -0.3 is 5.43 Å². The second-order valence-corrected chi connectivity index (χ2v) is 6.27. The Labute approximate surface area is 109 Å². The van der Waals surface area contributed by atoms with Gasteiger partial charge in [-0.2, -0.15) is 4.31 Å². The standard InChI is InChI=1S/C12H21N3O2S/c1-4-7-10(2)15(3)18(16,17)12-9-6-5-8-11(12)14-13/h5-6,8-10,14H,4,7,13H2,1-3H3. The zero-order valence-corrected chi connectivity index (χ0v) is 11.9. The molecule has 0 aliphatic carbocycles. The highest BCUT2D eigenvalue weighted by Gasteiger charge is 2.26. The first-order valence-corrected chi connectivity index (χ1v) is 7.42. The monoisotopic (exact) mass is 271 g/mol. The van der Waals surface area contributed by atoms with Gasteiger partial charge in [0.05, 0.1) is 5.69 Å². The van der Waals surface area contributed by atoms with Crippen LogP contribution >= 0.6 is 0 Å². The molecule has 1 aromatic rings. The molecule has 0 saturated heterocycles. The lowest BCUT2D eigenvalue weighted by atomic mass is 10.2. The summed E-state index contributed by atoms with van der Waals surface area (Å²) in [6, 6.07) is 6.59. The molecule has 0 fully saturated rings. The lowest BCUT2D eigenvalue weighted by Crippen LogP contribution is -2.35. The van der Waals surface area contributed by atoms with Crippen LogP contribution in [0.2, 0.25) is 0 Å². The predicted molar refractivity (Wildman–Crippen MR) is 73.6 cm³/mol. The summed E-state index contributed by atoms with van der Waals surface area (Å²) < 4.78 is 26.3. The van der Waals surface area contributed by atoms with Crippen LogP contribution in [0.25, 0.3) is 0 Å². The van der Waals surface area contributed by atoms with Crippen molar-refractivity contribution in [3.63, 3.8) is 0 Å². The highest BCUT2D eigenvalue weighted by atomic mass is 32.2. The van der Waals surface area contributed by atoms with E-state index in [-0.39, 0.29) is 10.9 Å². The number of nitrogens with two attached hydrogens (primary N) is 1. The molecule has 0 aliphatic heterocycles. The molecular weight excluding hydrogens is 250 g/mol. The Morgan fingerprint density at radius 2 is 2.00 bits per heavy atom. The maximum Gasteiger partial charge on any atom is 0.245 e. The van der Waals surface area contributed by atoms with Gasteiger partial charge in [0.15, 0.2) is 0 Å². The van der Waals surface area contributed by atoms with Gasteiger partial charge in [0.1, 0.15) is 4.90 Å². The van der Waals surface area contributed by atoms with Gasteiger partial charge in [0.2, 0.25) is 10.0 Å². The Balaban J connectivity index is 3.13. The second-order valence-electron chi connectivity index (χ2n) is 4.30. The highest BCUT2D eigenvalue weighted by Crippen LogP contribution is 2.24. The summed E-state index contributed by atoms with van der Waals surface area (Å²) in [4.78, 5) is 0.206. The summed E-state index contributed by atoms with van der Waals surface area (Å²) in [7, 11) is -1.91. The van der Waals surface area contributed by atoms with Crippen molar-refractivity contribution in [2.75, 3.05) is 12.5 Å². The molecule has 0 aliphatic rings. The molecule has 0 heterocycles. The first-order chi connectivity index (χ1) is 8.45. The first kappa shape index (κ1) is 14.9. The van der Waals surface area contributed by atoms with Crippen LogP contribution in [0.4, 0.5) is 5.69 Å². The van der Waals surface area contributed by atoms with Crippen LogP contribution in [0.3, 0.4) is 0 Å². The Kier molecular flexibility index (Phi) is 5.13. The molecule has 1 unspecified atom stereocenters. The Hall–Kier alpha value is -1.11. The summed E-state index contributed by atoms with van der Waals surface area (Å²) in [6.45, 7) is 3.94. The third-order valence-electron chi connectivity index (χ3n) is 3.03. The average molecular weight is 271 g/mol. The van der Waals surface area contributed by atoms with Gasteiger partial charge in [-0.25, -0.2) is 8.42 Å². The lowest BCUT2D eigenvalue weighted by molar-refractivity contribution is 0.369. The largest absolute Gasteiger partial charge is 0.323 e. The third-order valence-corrected chi connectivity index (χ3v) is 5.06. The molecule has 0 amide bonds. The summed E-state index contributed by atoms with van der Waals surface area (Å²) in [5.74, 6) is 5.35. The molecule has 18 heavy (non-hydrogen) atoms. The zero-order valence-electron chi connectivity index (χ0n) is 11.1. The van der Waals surface area contributed by atoms with Gasteiger partial charge in [-0.05, 0) is 25.5 Å². The summed E-state index contributed by atoms with van der Waals surface area (Å²) in [5, 5.41) is 0. The minimum atomic E-state index is -3.51. The predicted octanol–water partition coefficient (Wildman–Crippen LogP) is 1.78. The number of hydrazine groups is 1. The smallest absolute Gasteiger partial charge is 0.245 e. The number of hydrogen-bond acceptors (Lipinski definition) is 4. The molecule has 0 radical (unpaired) electrons. The molecule has 1 aromatic carbocycles. The highest BCUT2D eigenvalue weighted by molar-refractivity contribution is 7.89. The van der Waals surface area contributed by atoms with Crippen LogP contribution in [0, 0.1) is 0 Å². The number of hydrogen-bond donors (Lipinski definition) is 2. The summed E-state index contributed by atoms with van der Waals surface area (Å²) in [5.41, 5.74) is 2.83. The van der Waals surface area contributed by atoms with Crippen molar-refractivity contribution in [1.29, 1.82) is 0 Å². The van der Waals surface area contributed by atoms with Gasteiger partial charge in [0.25, 0.3) is 0 Å². The average Bonchev–Trinajstić information content (AvgIpc) is 2.38. The molecule has 0 spiro atoms. The Morgan fingerprint density at radius 1 is 1.39 bits per heavy atom. The number of benzene rings is 1. The van der Waals surface area contributed by atoms with Gasteiger partial charge in [-0.1, -0.05) is 25.5 Å². The topological polar surface area (TPSA) is 75.4 Å². The number of nitrogen functional groups attached to an aromatic ring is 1. The number of nitrogens with one attached hydrogen (secondary N) is 1. The molecule has 0 saturated carbocycles. The number of rotatable bonds is 6. The fourth-order valence-electron chi connectivity index (χ4n) is 1.80. The lowest BCUT2D eigenvalue weighted by Gasteiger charge is -2.24. The number of para-hydroxylation sites is 1. The van der Waals surface area contributed by atoms with E-state index in [2.05, 4.69) is 5.43 Å². The molecule has 5 nitrogen and oxygen atoms in total. The van der Waals surface area contributed by atoms with Crippen molar-refractivity contribution in [2.45, 2.75) is 37.6 Å². The fraction of sp³-hybridized carbons (Fsp3) is 0.500. The van der Waals surface area contributed by atoms with Crippen LogP contribution in [0.15, 0.2) is 29.2 Å². The normalized spacial score (nSPS) is 13.6. The number of sulfonamides is 1. The van der Waals surface area contributed by atoms with Crippen LogP contribution < -0.4 is 11.3 Å².